The summed E-state index contributed by atoms with van der Waals surface area (Å²) in [5.74, 6) is -1.17. The third kappa shape index (κ3) is 2.95. The highest BCUT2D eigenvalue weighted by molar-refractivity contribution is 5.97. The van der Waals surface area contributed by atoms with Gasteiger partial charge in [0.25, 0.3) is 5.91 Å². The maximum atomic E-state index is 12.3. The van der Waals surface area contributed by atoms with Crippen LogP contribution in [0, 0.1) is 19.8 Å². The fraction of sp³-hybridized carbons (Fsp3) is 0.467. The van der Waals surface area contributed by atoms with E-state index in [0.29, 0.717) is 18.4 Å². The molecule has 2 atom stereocenters. The van der Waals surface area contributed by atoms with Gasteiger partial charge >= 0.3 is 5.97 Å². The second-order valence-corrected chi connectivity index (χ2v) is 5.29. The molecule has 0 unspecified atom stereocenters. The largest absolute Gasteiger partial charge is 0.481 e. The van der Waals surface area contributed by atoms with Gasteiger partial charge in [0.15, 0.2) is 0 Å². The van der Waals surface area contributed by atoms with Gasteiger partial charge in [-0.2, -0.15) is 0 Å². The minimum atomic E-state index is -0.760. The molecule has 0 aliphatic heterocycles. The smallest absolute Gasteiger partial charge is 0.306 e. The topological polar surface area (TPSA) is 66.4 Å². The fourth-order valence-corrected chi connectivity index (χ4v) is 2.77. The number of nitrogens with one attached hydrogen (secondary N) is 1. The molecule has 0 bridgehead atoms. The maximum Gasteiger partial charge on any atom is 0.306 e. The zero-order chi connectivity index (χ0) is 14.0. The molecule has 0 radical (unpaired) electrons. The standard InChI is InChI=1S/C15H19NO3/c1-9-4-3-5-10(2)13(9)14(17)16-12-7-6-11(8-12)15(18)19/h3-5,11-12H,6-8H2,1-2H3,(H,16,17)(H,18,19)/t11-,12+/m0/s1. The first-order valence-corrected chi connectivity index (χ1v) is 6.59. The van der Waals surface area contributed by atoms with Gasteiger partial charge in [0.2, 0.25) is 0 Å². The number of carbonyl (C=O) groups excluding carboxylic acids is 1. The molecular formula is C15H19NO3. The lowest BCUT2D eigenvalue weighted by Gasteiger charge is -2.15. The van der Waals surface area contributed by atoms with E-state index >= 15 is 0 Å². The SMILES string of the molecule is Cc1cccc(C)c1C(=O)N[C@@H]1CC[C@H](C(=O)O)C1. The number of carbonyl (C=O) groups is 2. The van der Waals surface area contributed by atoms with Crippen molar-refractivity contribution in [3.8, 4) is 0 Å². The monoisotopic (exact) mass is 261 g/mol. The van der Waals surface area contributed by atoms with E-state index in [1.165, 1.54) is 0 Å². The molecule has 0 saturated heterocycles. The normalized spacial score (nSPS) is 22.2. The van der Waals surface area contributed by atoms with Crippen LogP contribution < -0.4 is 5.32 Å². The number of carboxylic acid groups (broad SMARTS) is 1. The predicted octanol–water partition coefficient (Wildman–Crippen LogP) is 2.29. The van der Waals surface area contributed by atoms with Gasteiger partial charge in [-0.15, -0.1) is 0 Å². The number of hydrogen-bond acceptors (Lipinski definition) is 2. The maximum absolute atomic E-state index is 12.3. The summed E-state index contributed by atoms with van der Waals surface area (Å²) in [7, 11) is 0. The molecule has 0 spiro atoms. The third-order valence-corrected chi connectivity index (χ3v) is 3.83. The molecule has 1 fully saturated rings. The summed E-state index contributed by atoms with van der Waals surface area (Å²) < 4.78 is 0. The van der Waals surface area contributed by atoms with Crippen LogP contribution in [0.15, 0.2) is 18.2 Å². The lowest BCUT2D eigenvalue weighted by atomic mass is 10.0. The molecular weight excluding hydrogens is 242 g/mol. The molecule has 4 heteroatoms. The van der Waals surface area contributed by atoms with Crippen LogP contribution in [0.25, 0.3) is 0 Å². The Labute approximate surface area is 112 Å². The summed E-state index contributed by atoms with van der Waals surface area (Å²) in [5, 5.41) is 11.9. The quantitative estimate of drug-likeness (QED) is 0.877. The number of amides is 1. The molecule has 0 heterocycles. The Morgan fingerprint density at radius 1 is 1.21 bits per heavy atom. The minimum absolute atomic E-state index is 0.0207. The average Bonchev–Trinajstić information content (AvgIpc) is 2.77. The van der Waals surface area contributed by atoms with Crippen molar-refractivity contribution in [2.75, 3.05) is 0 Å². The highest BCUT2D eigenvalue weighted by Crippen LogP contribution is 2.26. The van der Waals surface area contributed by atoms with Crippen LogP contribution in [-0.4, -0.2) is 23.0 Å². The Morgan fingerprint density at radius 3 is 2.37 bits per heavy atom. The molecule has 4 nitrogen and oxygen atoms in total. The van der Waals surface area contributed by atoms with Crippen molar-refractivity contribution in [2.24, 2.45) is 5.92 Å². The molecule has 1 aliphatic rings. The van der Waals surface area contributed by atoms with Crippen LogP contribution in [0.1, 0.15) is 40.7 Å². The van der Waals surface area contributed by atoms with Crippen LogP contribution in [0.2, 0.25) is 0 Å². The number of aliphatic carboxylic acids is 1. The molecule has 2 N–H and O–H groups in total. The second-order valence-electron chi connectivity index (χ2n) is 5.29. The van der Waals surface area contributed by atoms with Gasteiger partial charge in [0.05, 0.1) is 5.92 Å². The lowest BCUT2D eigenvalue weighted by Crippen LogP contribution is -2.34. The van der Waals surface area contributed by atoms with Crippen LogP contribution in [0.5, 0.6) is 0 Å². The second kappa shape index (κ2) is 5.43. The van der Waals surface area contributed by atoms with Crippen molar-refractivity contribution in [1.29, 1.82) is 0 Å². The van der Waals surface area contributed by atoms with E-state index in [2.05, 4.69) is 5.32 Å². The summed E-state index contributed by atoms with van der Waals surface area (Å²) in [6.07, 6.45) is 1.92. The van der Waals surface area contributed by atoms with E-state index in [-0.39, 0.29) is 17.9 Å². The van der Waals surface area contributed by atoms with Gasteiger partial charge < -0.3 is 10.4 Å². The number of aryl methyl sites for hydroxylation is 2. The van der Waals surface area contributed by atoms with Gasteiger partial charge in [0, 0.05) is 11.6 Å². The van der Waals surface area contributed by atoms with Gasteiger partial charge in [-0.05, 0) is 44.2 Å². The summed E-state index contributed by atoms with van der Waals surface area (Å²) >= 11 is 0. The molecule has 1 saturated carbocycles. The van der Waals surface area contributed by atoms with Crippen molar-refractivity contribution in [3.63, 3.8) is 0 Å². The third-order valence-electron chi connectivity index (χ3n) is 3.83. The van der Waals surface area contributed by atoms with Gasteiger partial charge in [-0.25, -0.2) is 0 Å². The van der Waals surface area contributed by atoms with Crippen LogP contribution in [0.3, 0.4) is 0 Å². The molecule has 1 aromatic rings. The van der Waals surface area contributed by atoms with Gasteiger partial charge in [-0.1, -0.05) is 18.2 Å². The summed E-state index contributed by atoms with van der Waals surface area (Å²) in [6, 6.07) is 5.73. The summed E-state index contributed by atoms with van der Waals surface area (Å²) in [6.45, 7) is 3.83. The van der Waals surface area contributed by atoms with E-state index in [1.54, 1.807) is 0 Å². The number of hydrogen-bond donors (Lipinski definition) is 2. The predicted molar refractivity (Wildman–Crippen MR) is 72.1 cm³/mol. The van der Waals surface area contributed by atoms with E-state index < -0.39 is 5.97 Å². The Hall–Kier alpha value is -1.84. The highest BCUT2D eigenvalue weighted by atomic mass is 16.4. The average molecular weight is 261 g/mol. The summed E-state index contributed by atoms with van der Waals surface area (Å²) in [5.41, 5.74) is 2.61. The zero-order valence-electron chi connectivity index (χ0n) is 11.3. The first-order chi connectivity index (χ1) is 8.99. The molecule has 1 aromatic carbocycles. The Morgan fingerprint density at radius 2 is 1.84 bits per heavy atom. The van der Waals surface area contributed by atoms with E-state index in [0.717, 1.165) is 17.5 Å². The van der Waals surface area contributed by atoms with Crippen LogP contribution >= 0.6 is 0 Å². The van der Waals surface area contributed by atoms with Crippen LogP contribution in [-0.2, 0) is 4.79 Å². The van der Waals surface area contributed by atoms with E-state index in [4.69, 9.17) is 5.11 Å². The Bertz CT molecular complexity index is 490. The highest BCUT2D eigenvalue weighted by Gasteiger charge is 2.30. The van der Waals surface area contributed by atoms with Crippen molar-refractivity contribution < 1.29 is 14.7 Å². The fourth-order valence-electron chi connectivity index (χ4n) is 2.77. The molecule has 19 heavy (non-hydrogen) atoms. The van der Waals surface area contributed by atoms with E-state index in [1.807, 2.05) is 32.0 Å². The molecule has 102 valence electrons. The molecule has 0 aromatic heterocycles. The van der Waals surface area contributed by atoms with Crippen LogP contribution in [0.4, 0.5) is 0 Å². The molecule has 1 aliphatic carbocycles. The zero-order valence-corrected chi connectivity index (χ0v) is 11.3. The minimum Gasteiger partial charge on any atom is -0.481 e. The number of carboxylic acids is 1. The van der Waals surface area contributed by atoms with Crippen molar-refractivity contribution >= 4 is 11.9 Å². The molecule has 2 rings (SSSR count). The first-order valence-electron chi connectivity index (χ1n) is 6.59. The van der Waals surface area contributed by atoms with Gasteiger partial charge in [0.1, 0.15) is 0 Å². The van der Waals surface area contributed by atoms with Gasteiger partial charge in [-0.3, -0.25) is 9.59 Å². The first kappa shape index (κ1) is 13.6. The number of benzene rings is 1. The van der Waals surface area contributed by atoms with Crippen molar-refractivity contribution in [3.05, 3.63) is 34.9 Å². The lowest BCUT2D eigenvalue weighted by molar-refractivity contribution is -0.141. The Balaban J connectivity index is 2.05. The number of rotatable bonds is 3. The Kier molecular flexibility index (Phi) is 3.88. The molecule has 1 amide bonds. The van der Waals surface area contributed by atoms with E-state index in [9.17, 15) is 9.59 Å². The van der Waals surface area contributed by atoms with Crippen molar-refractivity contribution in [2.45, 2.75) is 39.2 Å². The summed E-state index contributed by atoms with van der Waals surface area (Å²) in [4.78, 5) is 23.2. The van der Waals surface area contributed by atoms with Crippen molar-refractivity contribution in [1.82, 2.24) is 5.32 Å².